The summed E-state index contributed by atoms with van der Waals surface area (Å²) in [7, 11) is -4.28. The first-order valence-corrected chi connectivity index (χ1v) is 12.4. The second-order valence-electron chi connectivity index (χ2n) is 7.86. The Bertz CT molecular complexity index is 1380. The molecular weight excluding hydrogens is 502 g/mol. The number of amides is 1. The Balaban J connectivity index is 1.81. The normalized spacial score (nSPS) is 14.7. The van der Waals surface area contributed by atoms with Crippen molar-refractivity contribution in [2.24, 2.45) is 5.73 Å². The molecule has 1 aliphatic heterocycles. The lowest BCUT2D eigenvalue weighted by molar-refractivity contribution is -0.117. The van der Waals surface area contributed by atoms with Crippen molar-refractivity contribution in [1.82, 2.24) is 0 Å². The molecule has 11 heteroatoms. The molecule has 1 unspecified atom stereocenters. The minimum absolute atomic E-state index is 0.101. The molecule has 0 radical (unpaired) electrons. The zero-order valence-corrected chi connectivity index (χ0v) is 20.1. The number of primary amides is 1. The molecule has 0 aliphatic carbocycles. The van der Waals surface area contributed by atoms with Crippen molar-refractivity contribution in [1.29, 1.82) is 0 Å². The maximum absolute atomic E-state index is 14.4. The van der Waals surface area contributed by atoms with E-state index in [1.165, 1.54) is 42.5 Å². The summed E-state index contributed by atoms with van der Waals surface area (Å²) in [4.78, 5) is 11.4. The fraction of sp³-hybridized carbons (Fsp3) is 0.208. The number of benzene rings is 3. The van der Waals surface area contributed by atoms with E-state index >= 15 is 0 Å². The van der Waals surface area contributed by atoms with Gasteiger partial charge in [-0.3, -0.25) is 9.10 Å². The van der Waals surface area contributed by atoms with Crippen LogP contribution in [0.3, 0.4) is 0 Å². The van der Waals surface area contributed by atoms with Crippen LogP contribution in [0, 0.1) is 11.6 Å². The smallest absolute Gasteiger partial charge is 0.264 e. The number of hydrogen-bond donors (Lipinski definition) is 1. The standard InChI is InChI=1S/C24H21ClF2N2O5S/c1-14-33-22-8-6-17(13-23(22)34-14)35(31,32)29(10-9-24(28)30)21-7-5-16(25)11-15(21)12-18-19(26)3-2-4-20(18)27/h2-8,11,13-14H,9-10,12H2,1H3,(H2,28,30). The fourth-order valence-electron chi connectivity index (χ4n) is 3.76. The zero-order chi connectivity index (χ0) is 25.3. The molecule has 0 bridgehead atoms. The van der Waals surface area contributed by atoms with Gasteiger partial charge in [0.1, 0.15) is 11.6 Å². The summed E-state index contributed by atoms with van der Waals surface area (Å²) in [5.41, 5.74) is 5.39. The summed E-state index contributed by atoms with van der Waals surface area (Å²) in [6.07, 6.45) is -1.15. The number of ether oxygens (including phenoxy) is 2. The Hall–Kier alpha value is -3.37. The van der Waals surface area contributed by atoms with Gasteiger partial charge < -0.3 is 15.2 Å². The molecular formula is C24H21ClF2N2O5S. The van der Waals surface area contributed by atoms with Gasteiger partial charge in [0.25, 0.3) is 10.0 Å². The van der Waals surface area contributed by atoms with Crippen LogP contribution < -0.4 is 19.5 Å². The molecule has 0 fully saturated rings. The highest BCUT2D eigenvalue weighted by Gasteiger charge is 2.30. The number of carbonyl (C=O) groups is 1. The molecule has 0 spiro atoms. The van der Waals surface area contributed by atoms with Crippen LogP contribution in [0.5, 0.6) is 11.5 Å². The third kappa shape index (κ3) is 5.18. The molecule has 1 aliphatic rings. The highest BCUT2D eigenvalue weighted by atomic mass is 35.5. The molecule has 0 aromatic heterocycles. The van der Waals surface area contributed by atoms with Gasteiger partial charge in [-0.05, 0) is 48.0 Å². The topological polar surface area (TPSA) is 98.9 Å². The van der Waals surface area contributed by atoms with Crippen molar-refractivity contribution in [3.63, 3.8) is 0 Å². The van der Waals surface area contributed by atoms with E-state index in [0.29, 0.717) is 5.75 Å². The van der Waals surface area contributed by atoms with Crippen LogP contribution in [-0.4, -0.2) is 27.2 Å². The summed E-state index contributed by atoms with van der Waals surface area (Å²) in [5.74, 6) is -1.65. The second-order valence-corrected chi connectivity index (χ2v) is 10.2. The van der Waals surface area contributed by atoms with E-state index < -0.39 is 33.9 Å². The van der Waals surface area contributed by atoms with Crippen molar-refractivity contribution >= 4 is 33.2 Å². The number of halogens is 3. The van der Waals surface area contributed by atoms with E-state index in [2.05, 4.69) is 0 Å². The molecule has 0 saturated carbocycles. The first-order valence-electron chi connectivity index (χ1n) is 10.6. The van der Waals surface area contributed by atoms with Crippen LogP contribution in [0.4, 0.5) is 14.5 Å². The van der Waals surface area contributed by atoms with Gasteiger partial charge in [-0.15, -0.1) is 0 Å². The number of nitrogens with two attached hydrogens (primary N) is 1. The average Bonchev–Trinajstić information content (AvgIpc) is 3.16. The Morgan fingerprint density at radius 3 is 2.43 bits per heavy atom. The molecule has 4 rings (SSSR count). The highest BCUT2D eigenvalue weighted by Crippen LogP contribution is 2.38. The van der Waals surface area contributed by atoms with Gasteiger partial charge in [0.15, 0.2) is 11.5 Å². The van der Waals surface area contributed by atoms with Gasteiger partial charge in [-0.1, -0.05) is 17.7 Å². The van der Waals surface area contributed by atoms with Crippen molar-refractivity contribution in [2.45, 2.75) is 31.0 Å². The summed E-state index contributed by atoms with van der Waals surface area (Å²) in [6, 6.07) is 11.9. The molecule has 2 N–H and O–H groups in total. The van der Waals surface area contributed by atoms with E-state index in [9.17, 15) is 22.0 Å². The third-order valence-corrected chi connectivity index (χ3v) is 7.43. The van der Waals surface area contributed by atoms with Crippen molar-refractivity contribution in [2.75, 3.05) is 10.8 Å². The van der Waals surface area contributed by atoms with Crippen molar-refractivity contribution in [3.8, 4) is 11.5 Å². The van der Waals surface area contributed by atoms with Crippen LogP contribution in [-0.2, 0) is 21.2 Å². The van der Waals surface area contributed by atoms with Crippen molar-refractivity contribution in [3.05, 3.63) is 82.4 Å². The van der Waals surface area contributed by atoms with E-state index in [0.717, 1.165) is 16.4 Å². The summed E-state index contributed by atoms with van der Waals surface area (Å²) in [6.45, 7) is 1.35. The molecule has 3 aromatic carbocycles. The predicted molar refractivity (Wildman–Crippen MR) is 126 cm³/mol. The maximum atomic E-state index is 14.4. The Labute approximate surface area is 206 Å². The minimum atomic E-state index is -4.28. The Morgan fingerprint density at radius 2 is 1.74 bits per heavy atom. The molecule has 1 atom stereocenters. The third-order valence-electron chi connectivity index (χ3n) is 5.39. The molecule has 3 aromatic rings. The number of nitrogens with zero attached hydrogens (tertiary/aromatic N) is 1. The second kappa shape index (κ2) is 9.71. The van der Waals surface area contributed by atoms with E-state index in [-0.39, 0.29) is 51.9 Å². The number of sulfonamides is 1. The molecule has 1 amide bonds. The lowest BCUT2D eigenvalue weighted by Crippen LogP contribution is -2.35. The first kappa shape index (κ1) is 24.7. The lowest BCUT2D eigenvalue weighted by atomic mass is 10.0. The van der Waals surface area contributed by atoms with Gasteiger partial charge in [0.2, 0.25) is 12.2 Å². The SMILES string of the molecule is CC1Oc2ccc(S(=O)(=O)N(CCC(N)=O)c3ccc(Cl)cc3Cc3c(F)cccc3F)cc2O1. The maximum Gasteiger partial charge on any atom is 0.264 e. The van der Waals surface area contributed by atoms with E-state index in [1.54, 1.807) is 6.92 Å². The zero-order valence-electron chi connectivity index (χ0n) is 18.5. The summed E-state index contributed by atoms with van der Waals surface area (Å²) < 4.78 is 68.2. The van der Waals surface area contributed by atoms with Gasteiger partial charge in [0.05, 0.1) is 10.6 Å². The number of rotatable bonds is 8. The molecule has 1 heterocycles. The number of carbonyl (C=O) groups excluding carboxylic acids is 1. The van der Waals surface area contributed by atoms with E-state index in [4.69, 9.17) is 26.8 Å². The van der Waals surface area contributed by atoms with Gasteiger partial charge in [-0.2, -0.15) is 0 Å². The Kier molecular flexibility index (Phi) is 6.86. The lowest BCUT2D eigenvalue weighted by Gasteiger charge is -2.27. The minimum Gasteiger partial charge on any atom is -0.451 e. The molecule has 35 heavy (non-hydrogen) atoms. The largest absolute Gasteiger partial charge is 0.451 e. The van der Waals surface area contributed by atoms with Crippen LogP contribution in [0.2, 0.25) is 5.02 Å². The molecule has 7 nitrogen and oxygen atoms in total. The van der Waals surface area contributed by atoms with Gasteiger partial charge in [0, 0.05) is 43.0 Å². The average molecular weight is 523 g/mol. The van der Waals surface area contributed by atoms with Gasteiger partial charge in [-0.25, -0.2) is 17.2 Å². The van der Waals surface area contributed by atoms with Crippen molar-refractivity contribution < 1.29 is 31.5 Å². The van der Waals surface area contributed by atoms with Gasteiger partial charge >= 0.3 is 0 Å². The fourth-order valence-corrected chi connectivity index (χ4v) is 5.47. The van der Waals surface area contributed by atoms with Crippen LogP contribution in [0.25, 0.3) is 0 Å². The number of anilines is 1. The number of hydrogen-bond acceptors (Lipinski definition) is 5. The predicted octanol–water partition coefficient (Wildman–Crippen LogP) is 4.40. The highest BCUT2D eigenvalue weighted by molar-refractivity contribution is 7.92. The quantitative estimate of drug-likeness (QED) is 0.473. The summed E-state index contributed by atoms with van der Waals surface area (Å²) in [5, 5.41) is 0.241. The first-order chi connectivity index (χ1) is 16.6. The van der Waals surface area contributed by atoms with Crippen LogP contribution in [0.15, 0.2) is 59.5 Å². The monoisotopic (exact) mass is 522 g/mol. The van der Waals surface area contributed by atoms with Crippen LogP contribution >= 0.6 is 11.6 Å². The van der Waals surface area contributed by atoms with Crippen LogP contribution in [0.1, 0.15) is 24.5 Å². The molecule has 0 saturated heterocycles. The van der Waals surface area contributed by atoms with E-state index in [1.807, 2.05) is 0 Å². The summed E-state index contributed by atoms with van der Waals surface area (Å²) >= 11 is 6.14. The molecule has 184 valence electrons. The number of fused-ring (bicyclic) bond motifs is 1. The Morgan fingerprint density at radius 1 is 1.06 bits per heavy atom.